The van der Waals surface area contributed by atoms with Gasteiger partial charge in [0.05, 0.1) is 6.04 Å². The summed E-state index contributed by atoms with van der Waals surface area (Å²) < 4.78 is 5.68. The van der Waals surface area contributed by atoms with Gasteiger partial charge in [-0.1, -0.05) is 24.4 Å². The van der Waals surface area contributed by atoms with Gasteiger partial charge >= 0.3 is 6.03 Å². The van der Waals surface area contributed by atoms with Gasteiger partial charge in [-0.15, -0.1) is 11.3 Å². The SMILES string of the molecule is CCNC(=O)N[C@@H]1CCCC[C@H]1NC(=O)c1csc(COc2ccc(Cl)cc2)n1. The fourth-order valence-electron chi connectivity index (χ4n) is 3.26. The topological polar surface area (TPSA) is 92.4 Å². The zero-order valence-corrected chi connectivity index (χ0v) is 17.8. The highest BCUT2D eigenvalue weighted by Gasteiger charge is 2.28. The number of ether oxygens (including phenoxy) is 1. The molecule has 156 valence electrons. The number of carbonyl (C=O) groups is 2. The summed E-state index contributed by atoms with van der Waals surface area (Å²) in [5.41, 5.74) is 0.368. The molecule has 1 aliphatic carbocycles. The molecule has 0 radical (unpaired) electrons. The van der Waals surface area contributed by atoms with Gasteiger partial charge in [0.1, 0.15) is 23.1 Å². The average molecular weight is 437 g/mol. The molecule has 2 aromatic rings. The first-order valence-corrected chi connectivity index (χ1v) is 11.0. The Morgan fingerprint density at radius 3 is 2.55 bits per heavy atom. The van der Waals surface area contributed by atoms with Crippen molar-refractivity contribution < 1.29 is 14.3 Å². The second kappa shape index (κ2) is 10.5. The highest BCUT2D eigenvalue weighted by molar-refractivity contribution is 7.09. The standard InChI is InChI=1S/C20H25ClN4O3S/c1-2-22-20(27)25-16-6-4-3-5-15(16)24-19(26)17-12-29-18(23-17)11-28-14-9-7-13(21)8-10-14/h7-10,12,15-16H,2-6,11H2,1H3,(H,24,26)(H2,22,25,27)/t15-,16-/m1/s1. The first-order valence-electron chi connectivity index (χ1n) is 9.73. The van der Waals surface area contributed by atoms with Crippen LogP contribution in [0.2, 0.25) is 5.02 Å². The molecule has 0 aliphatic heterocycles. The Labute approximate surface area is 179 Å². The molecule has 3 N–H and O–H groups in total. The number of hydrogen-bond donors (Lipinski definition) is 3. The van der Waals surface area contributed by atoms with Crippen molar-refractivity contribution in [3.63, 3.8) is 0 Å². The largest absolute Gasteiger partial charge is 0.486 e. The quantitative estimate of drug-likeness (QED) is 0.616. The maximum Gasteiger partial charge on any atom is 0.315 e. The van der Waals surface area contributed by atoms with Crippen molar-refractivity contribution in [2.24, 2.45) is 0 Å². The highest BCUT2D eigenvalue weighted by Crippen LogP contribution is 2.21. The van der Waals surface area contributed by atoms with Gasteiger partial charge in [0.25, 0.3) is 5.91 Å². The molecule has 29 heavy (non-hydrogen) atoms. The summed E-state index contributed by atoms with van der Waals surface area (Å²) in [4.78, 5) is 28.9. The summed E-state index contributed by atoms with van der Waals surface area (Å²) in [5, 5.41) is 11.8. The lowest BCUT2D eigenvalue weighted by Crippen LogP contribution is -2.55. The number of nitrogens with one attached hydrogen (secondary N) is 3. The van der Waals surface area contributed by atoms with E-state index in [4.69, 9.17) is 16.3 Å². The minimum absolute atomic E-state index is 0.0782. The maximum atomic E-state index is 12.6. The summed E-state index contributed by atoms with van der Waals surface area (Å²) >= 11 is 7.24. The van der Waals surface area contributed by atoms with E-state index in [1.807, 2.05) is 6.92 Å². The number of nitrogens with zero attached hydrogens (tertiary/aromatic N) is 1. The van der Waals surface area contributed by atoms with E-state index >= 15 is 0 Å². The van der Waals surface area contributed by atoms with Crippen molar-refractivity contribution in [1.29, 1.82) is 0 Å². The van der Waals surface area contributed by atoms with E-state index in [0.29, 0.717) is 28.0 Å². The van der Waals surface area contributed by atoms with Crippen molar-refractivity contribution in [2.45, 2.75) is 51.3 Å². The molecule has 0 bridgehead atoms. The Bertz CT molecular complexity index is 827. The van der Waals surface area contributed by atoms with Gasteiger partial charge < -0.3 is 20.7 Å². The Kier molecular flexibility index (Phi) is 7.71. The van der Waals surface area contributed by atoms with E-state index in [0.717, 1.165) is 25.7 Å². The van der Waals surface area contributed by atoms with Crippen molar-refractivity contribution in [2.75, 3.05) is 6.54 Å². The number of thiazole rings is 1. The minimum atomic E-state index is -0.228. The van der Waals surface area contributed by atoms with E-state index in [2.05, 4.69) is 20.9 Å². The molecule has 9 heteroatoms. The molecule has 3 rings (SSSR count). The van der Waals surface area contributed by atoms with Crippen LogP contribution >= 0.6 is 22.9 Å². The van der Waals surface area contributed by atoms with E-state index in [1.165, 1.54) is 11.3 Å². The van der Waals surface area contributed by atoms with Crippen LogP contribution in [0.15, 0.2) is 29.6 Å². The average Bonchev–Trinajstić information content (AvgIpc) is 3.18. The third-order valence-electron chi connectivity index (χ3n) is 4.70. The Morgan fingerprint density at radius 1 is 1.17 bits per heavy atom. The molecule has 1 saturated carbocycles. The molecule has 7 nitrogen and oxygen atoms in total. The molecule has 1 aromatic carbocycles. The van der Waals surface area contributed by atoms with Crippen molar-refractivity contribution in [3.05, 3.63) is 45.4 Å². The number of carbonyl (C=O) groups excluding carboxylic acids is 2. The third-order valence-corrected chi connectivity index (χ3v) is 5.77. The lowest BCUT2D eigenvalue weighted by molar-refractivity contribution is 0.0911. The Balaban J connectivity index is 1.54. The number of aromatic nitrogens is 1. The van der Waals surface area contributed by atoms with E-state index in [9.17, 15) is 9.59 Å². The number of amides is 3. The fraction of sp³-hybridized carbons (Fsp3) is 0.450. The lowest BCUT2D eigenvalue weighted by Gasteiger charge is -2.32. The number of benzene rings is 1. The molecule has 1 heterocycles. The summed E-state index contributed by atoms with van der Waals surface area (Å²) in [7, 11) is 0. The predicted octanol–water partition coefficient (Wildman–Crippen LogP) is 3.74. The zero-order valence-electron chi connectivity index (χ0n) is 16.2. The van der Waals surface area contributed by atoms with Crippen LogP contribution < -0.4 is 20.7 Å². The fourth-order valence-corrected chi connectivity index (χ4v) is 4.07. The smallest absolute Gasteiger partial charge is 0.315 e. The van der Waals surface area contributed by atoms with Crippen LogP contribution in [0.5, 0.6) is 5.75 Å². The third kappa shape index (κ3) is 6.33. The first kappa shape index (κ1) is 21.4. The summed E-state index contributed by atoms with van der Waals surface area (Å²) in [6.45, 7) is 2.72. The van der Waals surface area contributed by atoms with Crippen molar-refractivity contribution in [3.8, 4) is 5.75 Å². The second-order valence-corrected chi connectivity index (χ2v) is 8.22. The van der Waals surface area contributed by atoms with E-state index < -0.39 is 0 Å². The zero-order chi connectivity index (χ0) is 20.6. The van der Waals surface area contributed by atoms with E-state index in [-0.39, 0.29) is 30.6 Å². The molecule has 0 unspecified atom stereocenters. The molecule has 0 spiro atoms. The molecule has 2 atom stereocenters. The van der Waals surface area contributed by atoms with Gasteiger partial charge in [-0.25, -0.2) is 9.78 Å². The molecule has 1 aliphatic rings. The van der Waals surface area contributed by atoms with Crippen LogP contribution in [0.3, 0.4) is 0 Å². The van der Waals surface area contributed by atoms with Crippen LogP contribution in [0.4, 0.5) is 4.79 Å². The maximum absolute atomic E-state index is 12.6. The normalized spacial score (nSPS) is 18.7. The van der Waals surface area contributed by atoms with Gasteiger partial charge in [0.15, 0.2) is 0 Å². The second-order valence-electron chi connectivity index (χ2n) is 6.84. The summed E-state index contributed by atoms with van der Waals surface area (Å²) in [5.74, 6) is 0.464. The Hall–Kier alpha value is -2.32. The Morgan fingerprint density at radius 2 is 1.86 bits per heavy atom. The van der Waals surface area contributed by atoms with Crippen LogP contribution in [0.25, 0.3) is 0 Å². The number of hydrogen-bond acceptors (Lipinski definition) is 5. The molecular formula is C20H25ClN4O3S. The number of halogens is 1. The predicted molar refractivity (Wildman–Crippen MR) is 114 cm³/mol. The van der Waals surface area contributed by atoms with Crippen molar-refractivity contribution >= 4 is 34.9 Å². The van der Waals surface area contributed by atoms with Crippen LogP contribution in [0.1, 0.15) is 48.1 Å². The van der Waals surface area contributed by atoms with Gasteiger partial charge in [-0.3, -0.25) is 4.79 Å². The lowest BCUT2D eigenvalue weighted by atomic mass is 9.90. The first-order chi connectivity index (χ1) is 14.0. The van der Waals surface area contributed by atoms with Crippen LogP contribution in [0, 0.1) is 0 Å². The van der Waals surface area contributed by atoms with Gasteiger partial charge in [-0.05, 0) is 44.0 Å². The van der Waals surface area contributed by atoms with Crippen LogP contribution in [-0.4, -0.2) is 35.6 Å². The number of rotatable bonds is 7. The molecular weight excluding hydrogens is 412 g/mol. The van der Waals surface area contributed by atoms with E-state index in [1.54, 1.807) is 29.6 Å². The van der Waals surface area contributed by atoms with Gasteiger partial charge in [-0.2, -0.15) is 0 Å². The summed E-state index contributed by atoms with van der Waals surface area (Å²) in [6, 6.07) is 6.71. The van der Waals surface area contributed by atoms with Crippen molar-refractivity contribution in [1.82, 2.24) is 20.9 Å². The monoisotopic (exact) mass is 436 g/mol. The molecule has 1 aromatic heterocycles. The molecule has 1 fully saturated rings. The van der Waals surface area contributed by atoms with Gasteiger partial charge in [0, 0.05) is 23.0 Å². The number of urea groups is 1. The van der Waals surface area contributed by atoms with Gasteiger partial charge in [0.2, 0.25) is 0 Å². The summed E-state index contributed by atoms with van der Waals surface area (Å²) in [6.07, 6.45) is 3.74. The minimum Gasteiger partial charge on any atom is -0.486 e. The van der Waals surface area contributed by atoms with Crippen LogP contribution in [-0.2, 0) is 6.61 Å². The molecule has 0 saturated heterocycles. The molecule has 3 amide bonds. The highest BCUT2D eigenvalue weighted by atomic mass is 35.5.